The maximum atomic E-state index is 12.8. The van der Waals surface area contributed by atoms with Gasteiger partial charge in [-0.15, -0.1) is 0 Å². The SMILES string of the molecule is Cc1cccc(NC(=O)CSC(=Nc2ccccc2)c2c(O)n(C)c(=O)n(C)c2=O)c1. The van der Waals surface area contributed by atoms with Crippen molar-refractivity contribution in [3.05, 3.63) is 86.6 Å². The lowest BCUT2D eigenvalue weighted by Crippen LogP contribution is -2.39. The second kappa shape index (κ2) is 9.48. The molecule has 1 aromatic heterocycles. The number of thioether (sulfide) groups is 1. The molecule has 8 nitrogen and oxygen atoms in total. The second-order valence-corrected chi connectivity index (χ2v) is 7.83. The Morgan fingerprint density at radius 2 is 1.77 bits per heavy atom. The van der Waals surface area contributed by atoms with Crippen LogP contribution >= 0.6 is 11.8 Å². The summed E-state index contributed by atoms with van der Waals surface area (Å²) in [5, 5.41) is 13.5. The Labute approximate surface area is 182 Å². The average Bonchev–Trinajstić information content (AvgIpc) is 2.75. The van der Waals surface area contributed by atoms with Crippen LogP contribution in [0.5, 0.6) is 5.88 Å². The van der Waals surface area contributed by atoms with Gasteiger partial charge in [0.1, 0.15) is 10.6 Å². The minimum absolute atomic E-state index is 0.0506. The van der Waals surface area contributed by atoms with Crippen molar-refractivity contribution in [1.29, 1.82) is 0 Å². The number of aryl methyl sites for hydroxylation is 1. The van der Waals surface area contributed by atoms with Gasteiger partial charge < -0.3 is 10.4 Å². The van der Waals surface area contributed by atoms with Crippen LogP contribution in [0.25, 0.3) is 0 Å². The van der Waals surface area contributed by atoms with Gasteiger partial charge in [-0.05, 0) is 36.8 Å². The standard InChI is InChI=1S/C22H22N4O4S/c1-14-8-7-11-16(12-14)23-17(27)13-31-19(24-15-9-5-4-6-10-15)18-20(28)25(2)22(30)26(3)21(18)29/h4-12,28H,13H2,1-3H3,(H,23,27). The van der Waals surface area contributed by atoms with E-state index in [0.29, 0.717) is 11.4 Å². The molecule has 0 saturated carbocycles. The lowest BCUT2D eigenvalue weighted by atomic mass is 10.2. The third-order valence-corrected chi connectivity index (χ3v) is 5.45. The number of rotatable bonds is 5. The van der Waals surface area contributed by atoms with Crippen molar-refractivity contribution in [1.82, 2.24) is 9.13 Å². The summed E-state index contributed by atoms with van der Waals surface area (Å²) in [5.41, 5.74) is 0.721. The molecular formula is C22H22N4O4S. The van der Waals surface area contributed by atoms with Crippen molar-refractivity contribution >= 4 is 34.1 Å². The van der Waals surface area contributed by atoms with Gasteiger partial charge in [-0.25, -0.2) is 9.79 Å². The van der Waals surface area contributed by atoms with Crippen LogP contribution in [-0.4, -0.2) is 30.9 Å². The molecule has 2 aromatic carbocycles. The number of aliphatic imine (C=N–C) groups is 1. The van der Waals surface area contributed by atoms with E-state index in [-0.39, 0.29) is 22.3 Å². The predicted octanol–water partition coefficient (Wildman–Crippen LogP) is 2.55. The highest BCUT2D eigenvalue weighted by Crippen LogP contribution is 2.23. The van der Waals surface area contributed by atoms with Crippen molar-refractivity contribution in [2.45, 2.75) is 6.92 Å². The molecule has 0 aliphatic carbocycles. The summed E-state index contributed by atoms with van der Waals surface area (Å²) in [7, 11) is 2.68. The Morgan fingerprint density at radius 1 is 1.06 bits per heavy atom. The van der Waals surface area contributed by atoms with E-state index in [1.807, 2.05) is 31.2 Å². The van der Waals surface area contributed by atoms with Gasteiger partial charge in [0.2, 0.25) is 11.8 Å². The molecule has 0 saturated heterocycles. The fourth-order valence-corrected chi connectivity index (χ4v) is 3.69. The van der Waals surface area contributed by atoms with E-state index >= 15 is 0 Å². The number of hydrogen-bond acceptors (Lipinski definition) is 6. The highest BCUT2D eigenvalue weighted by Gasteiger charge is 2.21. The first-order valence-corrected chi connectivity index (χ1v) is 10.4. The van der Waals surface area contributed by atoms with E-state index in [0.717, 1.165) is 26.5 Å². The third kappa shape index (κ3) is 5.13. The van der Waals surface area contributed by atoms with Gasteiger partial charge in [0.05, 0.1) is 11.4 Å². The monoisotopic (exact) mass is 438 g/mol. The summed E-state index contributed by atoms with van der Waals surface area (Å²) in [5.74, 6) is -0.850. The van der Waals surface area contributed by atoms with Crippen LogP contribution in [0, 0.1) is 6.92 Å². The number of amides is 1. The number of benzene rings is 2. The number of para-hydroxylation sites is 1. The minimum atomic E-state index is -0.693. The largest absolute Gasteiger partial charge is 0.494 e. The van der Waals surface area contributed by atoms with Crippen LogP contribution in [-0.2, 0) is 18.9 Å². The molecule has 9 heteroatoms. The zero-order valence-corrected chi connectivity index (χ0v) is 18.1. The van der Waals surface area contributed by atoms with Gasteiger partial charge in [0, 0.05) is 19.8 Å². The molecule has 1 heterocycles. The van der Waals surface area contributed by atoms with Gasteiger partial charge >= 0.3 is 5.69 Å². The van der Waals surface area contributed by atoms with Crippen molar-refractivity contribution in [3.63, 3.8) is 0 Å². The lowest BCUT2D eigenvalue weighted by molar-refractivity contribution is -0.113. The molecule has 1 amide bonds. The second-order valence-electron chi connectivity index (χ2n) is 6.86. The fraction of sp³-hybridized carbons (Fsp3) is 0.182. The topological polar surface area (TPSA) is 106 Å². The van der Waals surface area contributed by atoms with Gasteiger partial charge in [-0.2, -0.15) is 0 Å². The molecule has 160 valence electrons. The molecule has 3 rings (SSSR count). The summed E-state index contributed by atoms with van der Waals surface area (Å²) >= 11 is 1.00. The number of nitrogens with zero attached hydrogens (tertiary/aromatic N) is 3. The molecule has 2 N–H and O–H groups in total. The van der Waals surface area contributed by atoms with E-state index in [9.17, 15) is 19.5 Å². The summed E-state index contributed by atoms with van der Waals surface area (Å²) in [6.45, 7) is 1.92. The van der Waals surface area contributed by atoms with Crippen LogP contribution in [0.2, 0.25) is 0 Å². The third-order valence-electron chi connectivity index (χ3n) is 4.48. The minimum Gasteiger partial charge on any atom is -0.494 e. The van der Waals surface area contributed by atoms with Gasteiger partial charge in [0.15, 0.2) is 0 Å². The number of carbonyl (C=O) groups excluding carboxylic acids is 1. The molecule has 0 fully saturated rings. The van der Waals surface area contributed by atoms with E-state index in [2.05, 4.69) is 10.3 Å². The number of hydrogen-bond donors (Lipinski definition) is 2. The molecular weight excluding hydrogens is 416 g/mol. The zero-order chi connectivity index (χ0) is 22.5. The van der Waals surface area contributed by atoms with Crippen LogP contribution in [0.15, 0.2) is 69.2 Å². The first-order chi connectivity index (χ1) is 14.8. The van der Waals surface area contributed by atoms with Gasteiger partial charge in [-0.1, -0.05) is 42.1 Å². The molecule has 31 heavy (non-hydrogen) atoms. The summed E-state index contributed by atoms with van der Waals surface area (Å²) in [6, 6.07) is 16.2. The zero-order valence-electron chi connectivity index (χ0n) is 17.3. The van der Waals surface area contributed by atoms with Crippen LogP contribution in [0.4, 0.5) is 11.4 Å². The van der Waals surface area contributed by atoms with Crippen LogP contribution in [0.1, 0.15) is 11.1 Å². The Kier molecular flexibility index (Phi) is 6.76. The maximum Gasteiger partial charge on any atom is 0.333 e. The lowest BCUT2D eigenvalue weighted by Gasteiger charge is -2.12. The Balaban J connectivity index is 1.96. The van der Waals surface area contributed by atoms with E-state index in [4.69, 9.17) is 0 Å². The van der Waals surface area contributed by atoms with Gasteiger partial charge in [0.25, 0.3) is 5.56 Å². The fourth-order valence-electron chi connectivity index (χ4n) is 2.85. The smallest absolute Gasteiger partial charge is 0.333 e. The van der Waals surface area contributed by atoms with Crippen LogP contribution in [0.3, 0.4) is 0 Å². The summed E-state index contributed by atoms with van der Waals surface area (Å²) in [6.07, 6.45) is 0. The first kappa shape index (κ1) is 22.1. The number of carbonyl (C=O) groups is 1. The number of anilines is 1. The predicted molar refractivity (Wildman–Crippen MR) is 123 cm³/mol. The first-order valence-electron chi connectivity index (χ1n) is 9.40. The molecule has 0 aliphatic rings. The normalized spacial score (nSPS) is 11.4. The van der Waals surface area contributed by atoms with Crippen molar-refractivity contribution in [3.8, 4) is 5.88 Å². The van der Waals surface area contributed by atoms with Crippen molar-refractivity contribution < 1.29 is 9.90 Å². The summed E-state index contributed by atoms with van der Waals surface area (Å²) < 4.78 is 1.85. The van der Waals surface area contributed by atoms with E-state index in [1.165, 1.54) is 14.1 Å². The number of aromatic hydroxyl groups is 1. The van der Waals surface area contributed by atoms with Crippen molar-refractivity contribution in [2.75, 3.05) is 11.1 Å². The molecule has 0 bridgehead atoms. The molecule has 0 spiro atoms. The molecule has 0 radical (unpaired) electrons. The Morgan fingerprint density at radius 3 is 2.45 bits per heavy atom. The molecule has 3 aromatic rings. The van der Waals surface area contributed by atoms with E-state index in [1.54, 1.807) is 30.3 Å². The Bertz CT molecular complexity index is 1260. The Hall–Kier alpha value is -3.59. The molecule has 0 unspecified atom stereocenters. The van der Waals surface area contributed by atoms with E-state index < -0.39 is 17.1 Å². The molecule has 0 aliphatic heterocycles. The number of nitrogens with one attached hydrogen (secondary N) is 1. The maximum absolute atomic E-state index is 12.8. The average molecular weight is 439 g/mol. The quantitative estimate of drug-likeness (QED) is 0.470. The van der Waals surface area contributed by atoms with Crippen molar-refractivity contribution in [2.24, 2.45) is 19.1 Å². The van der Waals surface area contributed by atoms with Gasteiger partial charge in [-0.3, -0.25) is 18.7 Å². The molecule has 0 atom stereocenters. The highest BCUT2D eigenvalue weighted by molar-refractivity contribution is 8.15. The van der Waals surface area contributed by atoms with Crippen LogP contribution < -0.4 is 16.6 Å². The number of aromatic nitrogens is 2. The summed E-state index contributed by atoms with van der Waals surface area (Å²) in [4.78, 5) is 41.8. The highest BCUT2D eigenvalue weighted by atomic mass is 32.2.